The van der Waals surface area contributed by atoms with E-state index < -0.39 is 0 Å². The predicted octanol–water partition coefficient (Wildman–Crippen LogP) is 5.17. The first-order chi connectivity index (χ1) is 7.15. The van der Waals surface area contributed by atoms with Crippen LogP contribution >= 0.6 is 22.9 Å². The average molecular weight is 243 g/mol. The van der Waals surface area contributed by atoms with Gasteiger partial charge in [-0.15, -0.1) is 22.9 Å². The lowest BCUT2D eigenvalue weighted by Gasteiger charge is -2.28. The Hall–Kier alpha value is -0.0100. The Morgan fingerprint density at radius 1 is 1.40 bits per heavy atom. The molecule has 1 fully saturated rings. The van der Waals surface area contributed by atoms with Gasteiger partial charge in [0.2, 0.25) is 0 Å². The molecular formula is C13H19ClS. The number of hydrogen-bond acceptors (Lipinski definition) is 1. The summed E-state index contributed by atoms with van der Waals surface area (Å²) in [4.78, 5) is 2.83. The molecule has 0 bridgehead atoms. The predicted molar refractivity (Wildman–Crippen MR) is 68.9 cm³/mol. The summed E-state index contributed by atoms with van der Waals surface area (Å²) in [6, 6.07) is 4.46. The molecule has 84 valence electrons. The number of hydrogen-bond donors (Lipinski definition) is 0. The SMILES string of the molecule is CCc1ccc(C(Cl)C2(C)CCCC2)s1. The van der Waals surface area contributed by atoms with Crippen LogP contribution in [0.4, 0.5) is 0 Å². The highest BCUT2D eigenvalue weighted by molar-refractivity contribution is 7.12. The fourth-order valence-electron chi connectivity index (χ4n) is 2.50. The van der Waals surface area contributed by atoms with Crippen LogP contribution in [0, 0.1) is 5.41 Å². The van der Waals surface area contributed by atoms with Crippen molar-refractivity contribution in [1.82, 2.24) is 0 Å². The van der Waals surface area contributed by atoms with Crippen molar-refractivity contribution < 1.29 is 0 Å². The Morgan fingerprint density at radius 3 is 2.60 bits per heavy atom. The molecular weight excluding hydrogens is 224 g/mol. The molecule has 0 amide bonds. The fourth-order valence-corrected chi connectivity index (χ4v) is 4.03. The van der Waals surface area contributed by atoms with E-state index in [1.165, 1.54) is 35.4 Å². The maximum Gasteiger partial charge on any atom is 0.0732 e. The molecule has 1 atom stereocenters. The van der Waals surface area contributed by atoms with Crippen LogP contribution in [0.5, 0.6) is 0 Å². The maximum atomic E-state index is 6.63. The lowest BCUT2D eigenvalue weighted by atomic mass is 9.84. The Balaban J connectivity index is 2.15. The third-order valence-corrected chi connectivity index (χ3v) is 5.82. The molecule has 2 heteroatoms. The van der Waals surface area contributed by atoms with Crippen LogP contribution < -0.4 is 0 Å². The molecule has 0 N–H and O–H groups in total. The highest BCUT2D eigenvalue weighted by Gasteiger charge is 2.37. The van der Waals surface area contributed by atoms with Crippen LogP contribution in [0.25, 0.3) is 0 Å². The van der Waals surface area contributed by atoms with Gasteiger partial charge in [-0.2, -0.15) is 0 Å². The number of halogens is 1. The monoisotopic (exact) mass is 242 g/mol. The smallest absolute Gasteiger partial charge is 0.0732 e. The molecule has 0 saturated heterocycles. The quantitative estimate of drug-likeness (QED) is 0.642. The highest BCUT2D eigenvalue weighted by Crippen LogP contribution is 2.51. The minimum atomic E-state index is 0.227. The molecule has 15 heavy (non-hydrogen) atoms. The number of aryl methyl sites for hydroxylation is 1. The Labute approximate surface area is 102 Å². The lowest BCUT2D eigenvalue weighted by molar-refractivity contribution is 0.324. The van der Waals surface area contributed by atoms with E-state index in [1.54, 1.807) is 0 Å². The highest BCUT2D eigenvalue weighted by atomic mass is 35.5. The van der Waals surface area contributed by atoms with Crippen molar-refractivity contribution >= 4 is 22.9 Å². The summed E-state index contributed by atoms with van der Waals surface area (Å²) in [5.41, 5.74) is 0.345. The molecule has 0 aromatic carbocycles. The minimum Gasteiger partial charge on any atom is -0.144 e. The normalized spacial score (nSPS) is 21.8. The second-order valence-corrected chi connectivity index (χ2v) is 6.52. The molecule has 1 heterocycles. The molecule has 1 aliphatic carbocycles. The lowest BCUT2D eigenvalue weighted by Crippen LogP contribution is -2.17. The number of alkyl halides is 1. The largest absolute Gasteiger partial charge is 0.144 e. The van der Waals surface area contributed by atoms with E-state index >= 15 is 0 Å². The number of thiophene rings is 1. The van der Waals surface area contributed by atoms with Gasteiger partial charge in [0.05, 0.1) is 5.38 Å². The standard InChI is InChI=1S/C13H19ClS/c1-3-10-6-7-11(15-10)12(14)13(2)8-4-5-9-13/h6-7,12H,3-5,8-9H2,1-2H3. The topological polar surface area (TPSA) is 0 Å². The molecule has 1 aromatic heterocycles. The first-order valence-electron chi connectivity index (χ1n) is 5.88. The summed E-state index contributed by atoms with van der Waals surface area (Å²) in [6.07, 6.45) is 6.42. The van der Waals surface area contributed by atoms with Crippen LogP contribution in [0.1, 0.15) is 54.7 Å². The summed E-state index contributed by atoms with van der Waals surface area (Å²) < 4.78 is 0. The Bertz CT molecular complexity index is 323. The van der Waals surface area contributed by atoms with Crippen LogP contribution in [0.3, 0.4) is 0 Å². The van der Waals surface area contributed by atoms with Gasteiger partial charge in [-0.25, -0.2) is 0 Å². The van der Waals surface area contributed by atoms with Crippen molar-refractivity contribution in [2.75, 3.05) is 0 Å². The van der Waals surface area contributed by atoms with E-state index in [4.69, 9.17) is 11.6 Å². The summed E-state index contributed by atoms with van der Waals surface area (Å²) in [7, 11) is 0. The van der Waals surface area contributed by atoms with Gasteiger partial charge in [-0.1, -0.05) is 26.7 Å². The molecule has 0 spiro atoms. The van der Waals surface area contributed by atoms with Crippen molar-refractivity contribution in [3.8, 4) is 0 Å². The first-order valence-corrected chi connectivity index (χ1v) is 7.14. The number of rotatable bonds is 3. The fraction of sp³-hybridized carbons (Fsp3) is 0.692. The van der Waals surface area contributed by atoms with Gasteiger partial charge in [0.15, 0.2) is 0 Å². The summed E-state index contributed by atoms with van der Waals surface area (Å²) >= 11 is 8.53. The Morgan fingerprint density at radius 2 is 2.07 bits per heavy atom. The van der Waals surface area contributed by atoms with Gasteiger partial charge in [0, 0.05) is 9.75 Å². The summed E-state index contributed by atoms with van der Waals surface area (Å²) in [5, 5.41) is 0.227. The molecule has 2 rings (SSSR count). The second-order valence-electron chi connectivity index (χ2n) is 4.88. The van der Waals surface area contributed by atoms with Crippen molar-refractivity contribution in [1.29, 1.82) is 0 Å². The van der Waals surface area contributed by atoms with Gasteiger partial charge in [0.25, 0.3) is 0 Å². The maximum absolute atomic E-state index is 6.63. The summed E-state index contributed by atoms with van der Waals surface area (Å²) in [6.45, 7) is 4.55. The van der Waals surface area contributed by atoms with Crippen molar-refractivity contribution in [2.45, 2.75) is 51.3 Å². The average Bonchev–Trinajstić information content (AvgIpc) is 2.85. The van der Waals surface area contributed by atoms with Gasteiger partial charge in [-0.3, -0.25) is 0 Å². The zero-order chi connectivity index (χ0) is 10.9. The zero-order valence-corrected chi connectivity index (χ0v) is 11.1. The van der Waals surface area contributed by atoms with E-state index in [0.29, 0.717) is 5.41 Å². The molecule has 0 nitrogen and oxygen atoms in total. The van der Waals surface area contributed by atoms with Gasteiger partial charge in [-0.05, 0) is 36.8 Å². The van der Waals surface area contributed by atoms with E-state index in [2.05, 4.69) is 26.0 Å². The third-order valence-electron chi connectivity index (χ3n) is 3.64. The molecule has 0 radical (unpaired) electrons. The summed E-state index contributed by atoms with van der Waals surface area (Å²) in [5.74, 6) is 0. The van der Waals surface area contributed by atoms with E-state index in [0.717, 1.165) is 6.42 Å². The van der Waals surface area contributed by atoms with E-state index in [1.807, 2.05) is 11.3 Å². The molecule has 1 unspecified atom stereocenters. The van der Waals surface area contributed by atoms with Crippen molar-refractivity contribution in [3.05, 3.63) is 21.9 Å². The van der Waals surface area contributed by atoms with E-state index in [9.17, 15) is 0 Å². The van der Waals surface area contributed by atoms with Crippen LogP contribution in [0.15, 0.2) is 12.1 Å². The van der Waals surface area contributed by atoms with Gasteiger partial charge < -0.3 is 0 Å². The van der Waals surface area contributed by atoms with Gasteiger partial charge >= 0.3 is 0 Å². The van der Waals surface area contributed by atoms with Crippen LogP contribution in [-0.4, -0.2) is 0 Å². The van der Waals surface area contributed by atoms with Gasteiger partial charge in [0.1, 0.15) is 0 Å². The molecule has 1 saturated carbocycles. The molecule has 0 aliphatic heterocycles. The van der Waals surface area contributed by atoms with E-state index in [-0.39, 0.29) is 5.38 Å². The van der Waals surface area contributed by atoms with Crippen molar-refractivity contribution in [3.63, 3.8) is 0 Å². The van der Waals surface area contributed by atoms with Crippen LogP contribution in [-0.2, 0) is 6.42 Å². The zero-order valence-electron chi connectivity index (χ0n) is 9.55. The second kappa shape index (κ2) is 4.47. The minimum absolute atomic E-state index is 0.227. The van der Waals surface area contributed by atoms with Crippen molar-refractivity contribution in [2.24, 2.45) is 5.41 Å². The first kappa shape index (κ1) is 11.5. The molecule has 1 aromatic rings. The molecule has 1 aliphatic rings. The Kier molecular flexibility index (Phi) is 3.42. The third kappa shape index (κ3) is 2.24. The van der Waals surface area contributed by atoms with Crippen LogP contribution in [0.2, 0.25) is 0 Å².